The van der Waals surface area contributed by atoms with Gasteiger partial charge in [-0.15, -0.1) is 0 Å². The second kappa shape index (κ2) is 12.2. The molecule has 0 bridgehead atoms. The van der Waals surface area contributed by atoms with Gasteiger partial charge in [-0.05, 0) is 36.2 Å². The van der Waals surface area contributed by atoms with E-state index in [4.69, 9.17) is 26.4 Å². The lowest BCUT2D eigenvalue weighted by Gasteiger charge is -2.13. The fourth-order valence-electron chi connectivity index (χ4n) is 2.83. The van der Waals surface area contributed by atoms with Gasteiger partial charge in [0, 0.05) is 25.8 Å². The summed E-state index contributed by atoms with van der Waals surface area (Å²) in [7, 11) is 2.58. The summed E-state index contributed by atoms with van der Waals surface area (Å²) in [5.41, 5.74) is 18.7. The number of nitrogens with one attached hydrogen (secondary N) is 3. The van der Waals surface area contributed by atoms with Crippen LogP contribution >= 0.6 is 0 Å². The summed E-state index contributed by atoms with van der Waals surface area (Å²) in [5.74, 6) is 1.78. The third-order valence-electron chi connectivity index (χ3n) is 4.44. The number of hydrogen-bond donors (Lipinski definition) is 6. The third-order valence-corrected chi connectivity index (χ3v) is 4.44. The number of nitrogens with two attached hydrogens (primary N) is 2. The number of aromatic nitrogens is 2. The molecule has 2 heterocycles. The molecule has 0 aliphatic rings. The van der Waals surface area contributed by atoms with E-state index >= 15 is 0 Å². The van der Waals surface area contributed by atoms with Crippen molar-refractivity contribution in [2.24, 2.45) is 0 Å². The Bertz CT molecular complexity index is 949. The fourth-order valence-corrected chi connectivity index (χ4v) is 2.83. The van der Waals surface area contributed by atoms with Gasteiger partial charge in [0.15, 0.2) is 0 Å². The van der Waals surface area contributed by atoms with Crippen LogP contribution in [0.1, 0.15) is 12.5 Å². The predicted octanol–water partition coefficient (Wildman–Crippen LogP) is 2.98. The zero-order valence-corrected chi connectivity index (χ0v) is 18.1. The number of aliphatic hydroxyl groups excluding tert-OH is 1. The molecule has 0 unspecified atom stereocenters. The van der Waals surface area contributed by atoms with E-state index in [2.05, 4.69) is 52.3 Å². The summed E-state index contributed by atoms with van der Waals surface area (Å²) in [5, 5.41) is 13.5. The zero-order valence-electron chi connectivity index (χ0n) is 18.1. The Balaban J connectivity index is 0.00000166. The zero-order chi connectivity index (χ0) is 22.6. The molecular weight excluding hydrogens is 394 g/mol. The molecule has 31 heavy (non-hydrogen) atoms. The van der Waals surface area contributed by atoms with Crippen molar-refractivity contribution in [1.82, 2.24) is 9.97 Å². The predicted molar refractivity (Wildman–Crippen MR) is 128 cm³/mol. The van der Waals surface area contributed by atoms with Crippen LogP contribution in [0.4, 0.5) is 28.8 Å². The highest BCUT2D eigenvalue weighted by molar-refractivity contribution is 5.75. The minimum atomic E-state index is 0.324. The SMILES string of the molecule is CCc1ccc(-c2nc(NCCNc3ccc(N)c(N)n3)ccc2NOC)cc1.CO. The molecule has 0 aliphatic carbocycles. The molecule has 0 fully saturated rings. The van der Waals surface area contributed by atoms with Crippen LogP contribution < -0.4 is 27.6 Å². The fraction of sp³-hybridized carbons (Fsp3) is 0.273. The van der Waals surface area contributed by atoms with Gasteiger partial charge in [-0.1, -0.05) is 31.2 Å². The largest absolute Gasteiger partial charge is 0.400 e. The number of pyridine rings is 2. The molecule has 0 radical (unpaired) electrons. The minimum Gasteiger partial charge on any atom is -0.400 e. The number of rotatable bonds is 9. The van der Waals surface area contributed by atoms with E-state index in [1.54, 1.807) is 19.2 Å². The summed E-state index contributed by atoms with van der Waals surface area (Å²) in [6.45, 7) is 3.44. The van der Waals surface area contributed by atoms with Crippen LogP contribution in [0.5, 0.6) is 0 Å². The van der Waals surface area contributed by atoms with E-state index < -0.39 is 0 Å². The topological polar surface area (TPSA) is 143 Å². The number of nitrogen functional groups attached to an aromatic ring is 2. The van der Waals surface area contributed by atoms with Crippen LogP contribution in [0, 0.1) is 0 Å². The molecule has 0 amide bonds. The number of aliphatic hydroxyl groups is 1. The van der Waals surface area contributed by atoms with E-state index in [9.17, 15) is 0 Å². The number of anilines is 5. The summed E-state index contributed by atoms with van der Waals surface area (Å²) < 4.78 is 0. The Morgan fingerprint density at radius 2 is 1.48 bits per heavy atom. The van der Waals surface area contributed by atoms with Crippen LogP contribution in [0.2, 0.25) is 0 Å². The maximum absolute atomic E-state index is 7.00. The summed E-state index contributed by atoms with van der Waals surface area (Å²) in [6, 6.07) is 15.8. The second-order valence-electron chi connectivity index (χ2n) is 6.47. The maximum Gasteiger partial charge on any atom is 0.149 e. The van der Waals surface area contributed by atoms with Gasteiger partial charge in [-0.25, -0.2) is 9.97 Å². The molecule has 9 heteroatoms. The molecule has 3 rings (SSSR count). The van der Waals surface area contributed by atoms with Crippen LogP contribution in [0.3, 0.4) is 0 Å². The first kappa shape index (κ1) is 23.7. The Hall–Kier alpha value is -3.56. The minimum absolute atomic E-state index is 0.324. The lowest BCUT2D eigenvalue weighted by molar-refractivity contribution is 0.271. The monoisotopic (exact) mass is 425 g/mol. The maximum atomic E-state index is 7.00. The van der Waals surface area contributed by atoms with Gasteiger partial charge in [0.1, 0.15) is 17.5 Å². The average molecular weight is 426 g/mol. The van der Waals surface area contributed by atoms with Crippen LogP contribution in [-0.2, 0) is 11.3 Å². The first-order valence-electron chi connectivity index (χ1n) is 9.94. The molecule has 0 saturated carbocycles. The van der Waals surface area contributed by atoms with E-state index in [-0.39, 0.29) is 0 Å². The van der Waals surface area contributed by atoms with Gasteiger partial charge < -0.3 is 27.2 Å². The van der Waals surface area contributed by atoms with Crippen LogP contribution in [-0.4, -0.2) is 42.4 Å². The Morgan fingerprint density at radius 3 is 2.06 bits per heavy atom. The Kier molecular flexibility index (Phi) is 9.34. The molecule has 0 atom stereocenters. The number of benzene rings is 1. The number of hydrogen-bond acceptors (Lipinski definition) is 9. The average Bonchev–Trinajstić information content (AvgIpc) is 2.81. The van der Waals surface area contributed by atoms with Crippen molar-refractivity contribution in [3.63, 3.8) is 0 Å². The summed E-state index contributed by atoms with van der Waals surface area (Å²) in [6.07, 6.45) is 1.000. The first-order chi connectivity index (χ1) is 15.1. The van der Waals surface area contributed by atoms with E-state index in [0.717, 1.165) is 36.3 Å². The summed E-state index contributed by atoms with van der Waals surface area (Å²) >= 11 is 0. The van der Waals surface area contributed by atoms with Crippen molar-refractivity contribution in [2.45, 2.75) is 13.3 Å². The molecule has 0 aliphatic heterocycles. The lowest BCUT2D eigenvalue weighted by atomic mass is 10.1. The lowest BCUT2D eigenvalue weighted by Crippen LogP contribution is -2.15. The molecule has 166 valence electrons. The van der Waals surface area contributed by atoms with Crippen LogP contribution in [0.15, 0.2) is 48.5 Å². The highest BCUT2D eigenvalue weighted by Crippen LogP contribution is 2.28. The van der Waals surface area contributed by atoms with E-state index in [1.165, 1.54) is 5.56 Å². The van der Waals surface area contributed by atoms with Gasteiger partial charge >= 0.3 is 0 Å². The molecule has 0 spiro atoms. The van der Waals surface area contributed by atoms with E-state index in [1.807, 2.05) is 12.1 Å². The number of aryl methyl sites for hydroxylation is 1. The Labute approximate surface area is 182 Å². The van der Waals surface area contributed by atoms with Gasteiger partial charge in [0.05, 0.1) is 24.2 Å². The molecule has 1 aromatic carbocycles. The van der Waals surface area contributed by atoms with Crippen molar-refractivity contribution in [1.29, 1.82) is 0 Å². The normalized spacial score (nSPS) is 10.1. The van der Waals surface area contributed by atoms with Gasteiger partial charge in [-0.2, -0.15) is 0 Å². The van der Waals surface area contributed by atoms with Crippen molar-refractivity contribution in [3.8, 4) is 11.3 Å². The molecule has 8 N–H and O–H groups in total. The highest BCUT2D eigenvalue weighted by atomic mass is 16.6. The molecule has 9 nitrogen and oxygen atoms in total. The van der Waals surface area contributed by atoms with Crippen molar-refractivity contribution < 1.29 is 9.94 Å². The molecular formula is C22H31N7O2. The quantitative estimate of drug-likeness (QED) is 0.225. The third kappa shape index (κ3) is 6.73. The van der Waals surface area contributed by atoms with Gasteiger partial charge in [0.2, 0.25) is 0 Å². The van der Waals surface area contributed by atoms with Crippen LogP contribution in [0.25, 0.3) is 11.3 Å². The highest BCUT2D eigenvalue weighted by Gasteiger charge is 2.09. The van der Waals surface area contributed by atoms with E-state index in [0.29, 0.717) is 30.4 Å². The van der Waals surface area contributed by atoms with Gasteiger partial charge in [-0.3, -0.25) is 10.3 Å². The van der Waals surface area contributed by atoms with Crippen molar-refractivity contribution >= 4 is 28.8 Å². The smallest absolute Gasteiger partial charge is 0.149 e. The van der Waals surface area contributed by atoms with Crippen molar-refractivity contribution in [3.05, 3.63) is 54.1 Å². The van der Waals surface area contributed by atoms with Crippen molar-refractivity contribution in [2.75, 3.05) is 54.9 Å². The standard InChI is InChI=1S/C21H27N7O.CH4O/c1-3-14-4-6-15(7-5-14)20-17(28-29-2)9-11-18(26-20)24-12-13-25-19-10-8-16(22)21(23)27-19;1-2/h4-11,28H,3,12-13,22H2,1-2H3,(H,24,26)(H3,23,25,27);2H,1H3. The molecule has 2 aromatic heterocycles. The summed E-state index contributed by atoms with van der Waals surface area (Å²) in [4.78, 5) is 14.0. The molecule has 3 aromatic rings. The first-order valence-corrected chi connectivity index (χ1v) is 9.94. The van der Waals surface area contributed by atoms with Gasteiger partial charge in [0.25, 0.3) is 0 Å². The number of nitrogens with zero attached hydrogens (tertiary/aromatic N) is 2. The second-order valence-corrected chi connectivity index (χ2v) is 6.47. The molecule has 0 saturated heterocycles. The Morgan fingerprint density at radius 1 is 0.871 bits per heavy atom.